The topological polar surface area (TPSA) is 23.8 Å². The monoisotopic (exact) mass is 389 g/mol. The number of hydrogen-bond acceptors (Lipinski definition) is 0. The van der Waals surface area contributed by atoms with Gasteiger partial charge in [-0.15, -0.1) is 13.0 Å². The van der Waals surface area contributed by atoms with Gasteiger partial charge in [0, 0.05) is 10.2 Å². The molecule has 0 aliphatic heterocycles. The summed E-state index contributed by atoms with van der Waals surface area (Å²) in [6.45, 7) is 8.67. The predicted molar refractivity (Wildman–Crippen MR) is 112 cm³/mol. The van der Waals surface area contributed by atoms with Gasteiger partial charge in [0.05, 0.1) is 0 Å². The van der Waals surface area contributed by atoms with Crippen molar-refractivity contribution >= 4 is 15.4 Å². The molecule has 1 fully saturated rings. The van der Waals surface area contributed by atoms with E-state index in [0.29, 0.717) is 5.92 Å². The van der Waals surface area contributed by atoms with Crippen LogP contribution in [0.2, 0.25) is 0 Å². The molecule has 3 rings (SSSR count). The van der Waals surface area contributed by atoms with Crippen LogP contribution in [0, 0.1) is 19.4 Å². The van der Waals surface area contributed by atoms with E-state index in [1.54, 1.807) is 0 Å². The predicted octanol–water partition coefficient (Wildman–Crippen LogP) is 5.49. The smallest absolute Gasteiger partial charge is 0.675 e. The zero-order chi connectivity index (χ0) is 17.2. The first kappa shape index (κ1) is 26.8. The first-order chi connectivity index (χ1) is 10.9. The maximum Gasteiger partial charge on any atom is 3.00 e. The fourth-order valence-corrected chi connectivity index (χ4v) is 3.01. The van der Waals surface area contributed by atoms with Crippen molar-refractivity contribution in [3.8, 4) is 0 Å². The first-order valence-corrected chi connectivity index (χ1v) is 9.48. The van der Waals surface area contributed by atoms with E-state index < -0.39 is 0 Å². The Morgan fingerprint density at radius 1 is 1.00 bits per heavy atom. The number of hydrogen-bond donors (Lipinski definition) is 0. The quantitative estimate of drug-likeness (QED) is 0.414. The summed E-state index contributed by atoms with van der Waals surface area (Å²) in [7, 11) is 1.90. The van der Waals surface area contributed by atoms with E-state index in [-0.39, 0.29) is 35.2 Å². The molecular weight excluding hydrogens is 354 g/mol. The average Bonchev–Trinajstić information content (AvgIpc) is 2.76. The van der Waals surface area contributed by atoms with Crippen molar-refractivity contribution in [2.45, 2.75) is 65.8 Å². The summed E-state index contributed by atoms with van der Waals surface area (Å²) in [5.41, 5.74) is 11.5. The molecule has 1 aromatic carbocycles. The summed E-state index contributed by atoms with van der Waals surface area (Å²) in [5.74, 6) is 0.560. The number of benzene rings is 1. The molecule has 3 heteroatoms. The van der Waals surface area contributed by atoms with E-state index in [9.17, 15) is 0 Å². The van der Waals surface area contributed by atoms with Crippen molar-refractivity contribution in [2.24, 2.45) is 5.92 Å². The molecular formula is C22H35NSiTi. The Bertz CT molecular complexity index is 516. The summed E-state index contributed by atoms with van der Waals surface area (Å²) in [6.07, 6.45) is 9.63. The van der Waals surface area contributed by atoms with Gasteiger partial charge in [0.25, 0.3) is 0 Å². The molecule has 0 heterocycles. The molecule has 1 unspecified atom stereocenters. The third-order valence-corrected chi connectivity index (χ3v) is 5.16. The standard InChI is InChI=1S/C9H13.C6H12N.C6H7Si.CH3.Ti/c1-6-5-7(2)9(4)8(6)3;2*7-6-4-2-1-3-5-6;;/h6H,1-4H3;6-7H,1-5H2;1-5H,7H2;1H3;/q2*-1;;-1;+3. The molecule has 1 atom stereocenters. The number of allylic oxidation sites excluding steroid dienone is 4. The second-order valence-corrected chi connectivity index (χ2v) is 7.44. The number of nitrogens with one attached hydrogen (secondary N) is 1. The van der Waals surface area contributed by atoms with E-state index in [1.807, 2.05) is 28.4 Å². The van der Waals surface area contributed by atoms with Gasteiger partial charge >= 0.3 is 21.7 Å². The van der Waals surface area contributed by atoms with Gasteiger partial charge in [0.1, 0.15) is 0 Å². The average molecular weight is 389 g/mol. The maximum absolute atomic E-state index is 7.27. The summed E-state index contributed by atoms with van der Waals surface area (Å²) >= 11 is 0. The molecule has 0 bridgehead atoms. The van der Waals surface area contributed by atoms with E-state index in [0.717, 1.165) is 12.8 Å². The van der Waals surface area contributed by atoms with Crippen LogP contribution in [0.5, 0.6) is 0 Å². The minimum absolute atomic E-state index is 0. The normalized spacial score (nSPS) is 19.3. The van der Waals surface area contributed by atoms with Crippen LogP contribution in [0.4, 0.5) is 0 Å². The molecule has 1 aromatic rings. The van der Waals surface area contributed by atoms with Gasteiger partial charge < -0.3 is 13.2 Å². The van der Waals surface area contributed by atoms with Crippen LogP contribution in [-0.2, 0) is 21.7 Å². The molecule has 25 heavy (non-hydrogen) atoms. The van der Waals surface area contributed by atoms with E-state index in [4.69, 9.17) is 5.73 Å². The zero-order valence-corrected chi connectivity index (χ0v) is 19.8. The molecule has 136 valence electrons. The molecule has 1 nitrogen and oxygen atoms in total. The Hall–Kier alpha value is -0.409. The zero-order valence-electron chi connectivity index (χ0n) is 16.8. The summed E-state index contributed by atoms with van der Waals surface area (Å²) in [6, 6.07) is 10.6. The molecule has 2 radical (unpaired) electrons. The first-order valence-electron chi connectivity index (χ1n) is 8.77. The van der Waals surface area contributed by atoms with Crippen molar-refractivity contribution in [2.75, 3.05) is 0 Å². The minimum atomic E-state index is 0. The third kappa shape index (κ3) is 11.0. The van der Waals surface area contributed by atoms with Gasteiger partial charge in [-0.1, -0.05) is 94.3 Å². The molecule has 2 aliphatic rings. The van der Waals surface area contributed by atoms with Crippen LogP contribution >= 0.6 is 0 Å². The van der Waals surface area contributed by atoms with E-state index in [1.165, 1.54) is 41.2 Å². The largest absolute Gasteiger partial charge is 3.00 e. The van der Waals surface area contributed by atoms with E-state index >= 15 is 0 Å². The van der Waals surface area contributed by atoms with E-state index in [2.05, 4.69) is 45.9 Å². The Balaban J connectivity index is 0. The van der Waals surface area contributed by atoms with Crippen molar-refractivity contribution < 1.29 is 21.7 Å². The molecule has 0 amide bonds. The fourth-order valence-electron chi connectivity index (χ4n) is 2.74. The fraction of sp³-hybridized carbons (Fsp3) is 0.500. The van der Waals surface area contributed by atoms with Crippen molar-refractivity contribution in [1.82, 2.24) is 0 Å². The molecule has 1 N–H and O–H groups in total. The van der Waals surface area contributed by atoms with Gasteiger partial charge in [-0.3, -0.25) is 6.08 Å². The van der Waals surface area contributed by atoms with Gasteiger partial charge in [-0.2, -0.15) is 11.1 Å². The summed E-state index contributed by atoms with van der Waals surface area (Å²) in [4.78, 5) is 0. The Labute approximate surface area is 174 Å². The molecule has 0 spiro atoms. The Morgan fingerprint density at radius 3 is 1.72 bits per heavy atom. The van der Waals surface area contributed by atoms with Gasteiger partial charge in [0.15, 0.2) is 0 Å². The van der Waals surface area contributed by atoms with Crippen LogP contribution in [-0.4, -0.2) is 16.3 Å². The van der Waals surface area contributed by atoms with Crippen LogP contribution in [0.15, 0.2) is 47.1 Å². The SMILES string of the molecule is CC1=[C-]C(C)C(C)=C1C.[CH3-].[NH-]C1CCCCC1.[SiH2]c1ccccc1.[Ti+3]. The van der Waals surface area contributed by atoms with Crippen molar-refractivity contribution in [3.63, 3.8) is 0 Å². The van der Waals surface area contributed by atoms with Crippen molar-refractivity contribution in [3.05, 3.63) is 66.3 Å². The molecule has 2 aliphatic carbocycles. The maximum atomic E-state index is 7.27. The van der Waals surface area contributed by atoms with Gasteiger partial charge in [-0.25, -0.2) is 5.57 Å². The van der Waals surface area contributed by atoms with Crippen LogP contribution < -0.4 is 5.19 Å². The molecule has 1 saturated carbocycles. The van der Waals surface area contributed by atoms with Gasteiger partial charge in [0.2, 0.25) is 0 Å². The minimum Gasteiger partial charge on any atom is -0.675 e. The second kappa shape index (κ2) is 14.7. The number of rotatable bonds is 0. The third-order valence-electron chi connectivity index (χ3n) is 4.68. The van der Waals surface area contributed by atoms with Gasteiger partial charge in [-0.05, 0) is 0 Å². The molecule has 0 aromatic heterocycles. The van der Waals surface area contributed by atoms with Crippen molar-refractivity contribution in [1.29, 1.82) is 0 Å². The Morgan fingerprint density at radius 2 is 1.52 bits per heavy atom. The summed E-state index contributed by atoms with van der Waals surface area (Å²) < 4.78 is 0. The van der Waals surface area contributed by atoms with Crippen LogP contribution in [0.1, 0.15) is 59.8 Å². The molecule has 0 saturated heterocycles. The van der Waals surface area contributed by atoms with Crippen LogP contribution in [0.25, 0.3) is 5.73 Å². The van der Waals surface area contributed by atoms with Crippen LogP contribution in [0.3, 0.4) is 0 Å². The summed E-state index contributed by atoms with van der Waals surface area (Å²) in [5, 5.41) is 1.35. The Kier molecular flexibility index (Phi) is 15.8. The second-order valence-electron chi connectivity index (χ2n) is 6.62.